The molecule has 3 atom stereocenters. The van der Waals surface area contributed by atoms with Crippen LogP contribution in [0.15, 0.2) is 48.5 Å². The van der Waals surface area contributed by atoms with Gasteiger partial charge in [-0.05, 0) is 53.9 Å². The summed E-state index contributed by atoms with van der Waals surface area (Å²) >= 11 is 0. The molecule has 2 fully saturated rings. The zero-order valence-electron chi connectivity index (χ0n) is 14.2. The molecule has 2 aliphatic rings. The zero-order chi connectivity index (χ0) is 17.0. The summed E-state index contributed by atoms with van der Waals surface area (Å²) in [6, 6.07) is 16.7. The standard InChI is InChI=1S/C22H21O2Si/c23-22(12-14-9-10-15(22)11-14)20-16-5-1-3-7-18(16)21(24-13-25)19-8-4-2-6-17(19)20/h1-8,14-15,23H,9-13H2. The molecular weight excluding hydrogens is 324 g/mol. The fourth-order valence-corrected chi connectivity index (χ4v) is 5.53. The molecule has 2 aliphatic carbocycles. The molecule has 3 aromatic rings. The Morgan fingerprint density at radius 1 is 0.960 bits per heavy atom. The van der Waals surface area contributed by atoms with Crippen molar-refractivity contribution in [2.75, 3.05) is 6.23 Å². The smallest absolute Gasteiger partial charge is 0.134 e. The highest BCUT2D eigenvalue weighted by atomic mass is 28.1. The largest absolute Gasteiger partial charge is 0.497 e. The van der Waals surface area contributed by atoms with Crippen molar-refractivity contribution in [1.82, 2.24) is 0 Å². The number of fused-ring (bicyclic) bond motifs is 4. The van der Waals surface area contributed by atoms with E-state index < -0.39 is 5.60 Å². The van der Waals surface area contributed by atoms with Crippen molar-refractivity contribution in [2.24, 2.45) is 11.8 Å². The Labute approximate surface area is 151 Å². The van der Waals surface area contributed by atoms with Gasteiger partial charge in [0.2, 0.25) is 0 Å². The van der Waals surface area contributed by atoms with Crippen LogP contribution in [-0.2, 0) is 5.60 Å². The average molecular weight is 345 g/mol. The topological polar surface area (TPSA) is 29.5 Å². The van der Waals surface area contributed by atoms with Gasteiger partial charge in [0.25, 0.3) is 0 Å². The van der Waals surface area contributed by atoms with Gasteiger partial charge in [-0.15, -0.1) is 0 Å². The molecule has 125 valence electrons. The molecule has 25 heavy (non-hydrogen) atoms. The molecule has 0 heterocycles. The fourth-order valence-electron chi connectivity index (χ4n) is 5.39. The third-order valence-electron chi connectivity index (χ3n) is 6.35. The number of benzene rings is 3. The molecule has 0 amide bonds. The van der Waals surface area contributed by atoms with Crippen molar-refractivity contribution < 1.29 is 9.84 Å². The van der Waals surface area contributed by atoms with Crippen molar-refractivity contribution in [3.63, 3.8) is 0 Å². The van der Waals surface area contributed by atoms with E-state index in [0.717, 1.165) is 45.7 Å². The monoisotopic (exact) mass is 345 g/mol. The van der Waals surface area contributed by atoms with Crippen LogP contribution >= 0.6 is 0 Å². The van der Waals surface area contributed by atoms with Crippen LogP contribution in [0.2, 0.25) is 0 Å². The molecule has 2 saturated carbocycles. The second-order valence-electron chi connectivity index (χ2n) is 7.59. The Kier molecular flexibility index (Phi) is 3.44. The van der Waals surface area contributed by atoms with Crippen molar-refractivity contribution in [1.29, 1.82) is 0 Å². The zero-order valence-corrected chi connectivity index (χ0v) is 15.2. The van der Waals surface area contributed by atoms with E-state index in [1.807, 2.05) is 12.1 Å². The molecule has 5 rings (SSSR count). The van der Waals surface area contributed by atoms with Crippen molar-refractivity contribution in [3.05, 3.63) is 54.1 Å². The summed E-state index contributed by atoms with van der Waals surface area (Å²) in [6.45, 7) is 0. The first-order chi connectivity index (χ1) is 12.2. The summed E-state index contributed by atoms with van der Waals surface area (Å²) < 4.78 is 5.98. The fraction of sp³-hybridized carbons (Fsp3) is 0.364. The number of aliphatic hydroxyl groups is 1. The number of rotatable bonds is 3. The summed E-state index contributed by atoms with van der Waals surface area (Å²) in [4.78, 5) is 0. The van der Waals surface area contributed by atoms with Crippen LogP contribution in [-0.4, -0.2) is 21.6 Å². The molecule has 3 unspecified atom stereocenters. The Morgan fingerprint density at radius 3 is 2.04 bits per heavy atom. The van der Waals surface area contributed by atoms with Crippen LogP contribution in [0.1, 0.15) is 31.2 Å². The van der Waals surface area contributed by atoms with E-state index in [2.05, 4.69) is 46.6 Å². The lowest BCUT2D eigenvalue weighted by Crippen LogP contribution is -2.32. The Morgan fingerprint density at radius 2 is 1.56 bits per heavy atom. The summed E-state index contributed by atoms with van der Waals surface area (Å²) in [7, 11) is 3.46. The Bertz CT molecular complexity index is 910. The second kappa shape index (κ2) is 5.58. The van der Waals surface area contributed by atoms with Crippen LogP contribution in [0.25, 0.3) is 21.5 Å². The molecule has 2 bridgehead atoms. The molecule has 0 aromatic heterocycles. The first kappa shape index (κ1) is 15.4. The predicted octanol–water partition coefficient (Wildman–Crippen LogP) is 4.51. The van der Waals surface area contributed by atoms with Crippen LogP contribution in [0.5, 0.6) is 5.75 Å². The molecule has 3 aromatic carbocycles. The van der Waals surface area contributed by atoms with Gasteiger partial charge in [-0.25, -0.2) is 0 Å². The predicted molar refractivity (Wildman–Crippen MR) is 102 cm³/mol. The van der Waals surface area contributed by atoms with Gasteiger partial charge in [0.05, 0.1) is 22.1 Å². The van der Waals surface area contributed by atoms with E-state index in [1.165, 1.54) is 12.8 Å². The maximum Gasteiger partial charge on any atom is 0.134 e. The first-order valence-corrected chi connectivity index (χ1v) is 9.87. The summed E-state index contributed by atoms with van der Waals surface area (Å²) in [5.74, 6) is 1.95. The van der Waals surface area contributed by atoms with Crippen molar-refractivity contribution >= 4 is 31.8 Å². The molecule has 0 saturated heterocycles. The average Bonchev–Trinajstić information content (AvgIpc) is 3.22. The molecule has 3 heteroatoms. The normalized spacial score (nSPS) is 28.1. The number of ether oxygens (including phenoxy) is 1. The highest BCUT2D eigenvalue weighted by Crippen LogP contribution is 2.58. The summed E-state index contributed by atoms with van der Waals surface area (Å²) in [6.07, 6.45) is 4.92. The summed E-state index contributed by atoms with van der Waals surface area (Å²) in [5.41, 5.74) is 0.404. The van der Waals surface area contributed by atoms with Gasteiger partial charge in [0.15, 0.2) is 0 Å². The lowest BCUT2D eigenvalue weighted by atomic mass is 9.75. The van der Waals surface area contributed by atoms with E-state index in [4.69, 9.17) is 4.74 Å². The van der Waals surface area contributed by atoms with E-state index >= 15 is 0 Å². The Hall–Kier alpha value is -1.84. The minimum Gasteiger partial charge on any atom is -0.497 e. The maximum atomic E-state index is 11.8. The van der Waals surface area contributed by atoms with E-state index in [1.54, 1.807) is 0 Å². The van der Waals surface area contributed by atoms with Gasteiger partial charge < -0.3 is 9.84 Å². The molecule has 3 radical (unpaired) electrons. The van der Waals surface area contributed by atoms with Gasteiger partial charge in [-0.1, -0.05) is 48.5 Å². The highest BCUT2D eigenvalue weighted by Gasteiger charge is 2.52. The minimum absolute atomic E-state index is 0.381. The van der Waals surface area contributed by atoms with Gasteiger partial charge in [-0.3, -0.25) is 0 Å². The lowest BCUT2D eigenvalue weighted by molar-refractivity contribution is -0.0155. The van der Waals surface area contributed by atoms with Gasteiger partial charge >= 0.3 is 0 Å². The van der Waals surface area contributed by atoms with Gasteiger partial charge in [-0.2, -0.15) is 0 Å². The second-order valence-corrected chi connectivity index (χ2v) is 7.88. The van der Waals surface area contributed by atoms with Crippen LogP contribution < -0.4 is 4.74 Å². The quantitative estimate of drug-likeness (QED) is 0.559. The van der Waals surface area contributed by atoms with Gasteiger partial charge in [0.1, 0.15) is 5.75 Å². The number of hydrogen-bond acceptors (Lipinski definition) is 2. The van der Waals surface area contributed by atoms with Gasteiger partial charge in [0, 0.05) is 10.8 Å². The van der Waals surface area contributed by atoms with E-state index in [0.29, 0.717) is 18.1 Å². The Balaban J connectivity index is 1.90. The van der Waals surface area contributed by atoms with Crippen molar-refractivity contribution in [3.8, 4) is 5.75 Å². The van der Waals surface area contributed by atoms with E-state index in [-0.39, 0.29) is 0 Å². The molecule has 0 spiro atoms. The minimum atomic E-state index is -0.714. The van der Waals surface area contributed by atoms with Crippen molar-refractivity contribution in [2.45, 2.75) is 31.3 Å². The summed E-state index contributed by atoms with van der Waals surface area (Å²) in [5, 5.41) is 16.3. The van der Waals surface area contributed by atoms with E-state index in [9.17, 15) is 5.11 Å². The molecular formula is C22H21O2Si. The molecule has 1 N–H and O–H groups in total. The van der Waals surface area contributed by atoms with Crippen LogP contribution in [0.4, 0.5) is 0 Å². The lowest BCUT2D eigenvalue weighted by Gasteiger charge is -2.35. The SMILES string of the molecule is OC1(c2c3ccccc3c(OC[Si])c3ccccc23)CC2CCC1C2. The first-order valence-electron chi connectivity index (χ1n) is 9.16. The molecule has 2 nitrogen and oxygen atoms in total. The van der Waals surface area contributed by atoms with Crippen LogP contribution in [0, 0.1) is 11.8 Å². The third kappa shape index (κ3) is 2.12. The maximum absolute atomic E-state index is 11.8. The van der Waals surface area contributed by atoms with Crippen LogP contribution in [0.3, 0.4) is 0 Å². The molecule has 0 aliphatic heterocycles. The third-order valence-corrected chi connectivity index (χ3v) is 6.49. The number of hydrogen-bond donors (Lipinski definition) is 1. The highest BCUT2D eigenvalue weighted by molar-refractivity contribution is 6.11.